The Morgan fingerprint density at radius 1 is 1.12 bits per heavy atom. The van der Waals surface area contributed by atoms with Gasteiger partial charge in [0.25, 0.3) is 5.91 Å². The third-order valence-corrected chi connectivity index (χ3v) is 4.21. The number of aryl methyl sites for hydroxylation is 3. The second kappa shape index (κ2) is 9.34. The fourth-order valence-corrected chi connectivity index (χ4v) is 2.95. The molecule has 0 heterocycles. The molecular weight excluding hydrogens is 344 g/mol. The van der Waals surface area contributed by atoms with Gasteiger partial charge in [-0.1, -0.05) is 37.1 Å². The smallest absolute Gasteiger partial charge is 0.257 e. The molecule has 2 N–H and O–H groups in total. The molecule has 0 saturated carbocycles. The minimum Gasteiger partial charge on any atom is -0.494 e. The lowest BCUT2D eigenvalue weighted by molar-refractivity contribution is 0.0977. The number of unbranched alkanes of at least 4 members (excludes halogenated alkanes) is 1. The maximum atomic E-state index is 12.5. The van der Waals surface area contributed by atoms with E-state index in [2.05, 4.69) is 36.6 Å². The average molecular weight is 371 g/mol. The summed E-state index contributed by atoms with van der Waals surface area (Å²) < 4.78 is 5.65. The molecule has 1 amide bonds. The molecule has 0 spiro atoms. The van der Waals surface area contributed by atoms with Crippen molar-refractivity contribution < 1.29 is 9.53 Å². The monoisotopic (exact) mass is 370 g/mol. The van der Waals surface area contributed by atoms with Crippen molar-refractivity contribution in [3.8, 4) is 5.75 Å². The van der Waals surface area contributed by atoms with Crippen LogP contribution in [-0.4, -0.2) is 17.6 Å². The van der Waals surface area contributed by atoms with Gasteiger partial charge in [-0.3, -0.25) is 10.1 Å². The highest BCUT2D eigenvalue weighted by atomic mass is 32.1. The fourth-order valence-electron chi connectivity index (χ4n) is 2.76. The summed E-state index contributed by atoms with van der Waals surface area (Å²) in [4.78, 5) is 12.5. The molecule has 0 saturated heterocycles. The Labute approximate surface area is 161 Å². The van der Waals surface area contributed by atoms with Gasteiger partial charge in [-0.15, -0.1) is 0 Å². The first-order chi connectivity index (χ1) is 12.4. The van der Waals surface area contributed by atoms with Crippen LogP contribution >= 0.6 is 12.2 Å². The number of benzene rings is 2. The molecule has 0 aliphatic heterocycles. The molecule has 0 aliphatic carbocycles. The van der Waals surface area contributed by atoms with E-state index in [-0.39, 0.29) is 11.0 Å². The summed E-state index contributed by atoms with van der Waals surface area (Å²) in [6.07, 6.45) is 2.05. The van der Waals surface area contributed by atoms with Crippen molar-refractivity contribution in [2.45, 2.75) is 40.5 Å². The van der Waals surface area contributed by atoms with Crippen LogP contribution in [0.25, 0.3) is 0 Å². The Hall–Kier alpha value is -2.40. The van der Waals surface area contributed by atoms with Crippen molar-refractivity contribution in [3.05, 3.63) is 58.7 Å². The number of hydrogen-bond acceptors (Lipinski definition) is 3. The van der Waals surface area contributed by atoms with Gasteiger partial charge >= 0.3 is 0 Å². The first kappa shape index (κ1) is 19.9. The molecule has 0 aromatic heterocycles. The van der Waals surface area contributed by atoms with Crippen molar-refractivity contribution in [1.29, 1.82) is 0 Å². The van der Waals surface area contributed by atoms with Crippen molar-refractivity contribution >= 4 is 28.9 Å². The largest absolute Gasteiger partial charge is 0.494 e. The van der Waals surface area contributed by atoms with E-state index in [4.69, 9.17) is 17.0 Å². The molecule has 0 bridgehead atoms. The van der Waals surface area contributed by atoms with Gasteiger partial charge in [-0.05, 0) is 68.7 Å². The molecular formula is C21H26N2O2S. The van der Waals surface area contributed by atoms with Crippen molar-refractivity contribution in [3.63, 3.8) is 0 Å². The maximum Gasteiger partial charge on any atom is 0.257 e. The van der Waals surface area contributed by atoms with Crippen LogP contribution in [0.2, 0.25) is 0 Å². The molecule has 4 nitrogen and oxygen atoms in total. The third kappa shape index (κ3) is 5.56. The lowest BCUT2D eigenvalue weighted by Gasteiger charge is -2.15. The van der Waals surface area contributed by atoms with Crippen molar-refractivity contribution in [2.75, 3.05) is 11.9 Å². The van der Waals surface area contributed by atoms with Gasteiger partial charge in [0, 0.05) is 11.3 Å². The highest BCUT2D eigenvalue weighted by Crippen LogP contribution is 2.22. The molecule has 26 heavy (non-hydrogen) atoms. The van der Waals surface area contributed by atoms with Gasteiger partial charge in [0.1, 0.15) is 5.75 Å². The summed E-state index contributed by atoms with van der Waals surface area (Å²) in [5, 5.41) is 6.15. The highest BCUT2D eigenvalue weighted by molar-refractivity contribution is 7.80. The molecule has 0 unspecified atom stereocenters. The number of nitrogens with one attached hydrogen (secondary N) is 2. The van der Waals surface area contributed by atoms with Gasteiger partial charge in [-0.2, -0.15) is 0 Å². The van der Waals surface area contributed by atoms with Crippen molar-refractivity contribution in [2.24, 2.45) is 0 Å². The highest BCUT2D eigenvalue weighted by Gasteiger charge is 2.11. The third-order valence-electron chi connectivity index (χ3n) is 4.01. The quantitative estimate of drug-likeness (QED) is 0.560. The Kier molecular flexibility index (Phi) is 7.16. The topological polar surface area (TPSA) is 50.4 Å². The summed E-state index contributed by atoms with van der Waals surface area (Å²) in [7, 11) is 0. The lowest BCUT2D eigenvalue weighted by Crippen LogP contribution is -2.34. The summed E-state index contributed by atoms with van der Waals surface area (Å²) >= 11 is 5.31. The molecule has 5 heteroatoms. The lowest BCUT2D eigenvalue weighted by atomic mass is 10.1. The van der Waals surface area contributed by atoms with Crippen LogP contribution in [0.5, 0.6) is 5.75 Å². The molecule has 2 rings (SSSR count). The van der Waals surface area contributed by atoms with Crippen LogP contribution in [-0.2, 0) is 0 Å². The Morgan fingerprint density at radius 2 is 1.81 bits per heavy atom. The number of hydrogen-bond donors (Lipinski definition) is 2. The number of thiocarbonyl (C=S) groups is 1. The maximum absolute atomic E-state index is 12.5. The van der Waals surface area contributed by atoms with Crippen LogP contribution < -0.4 is 15.4 Å². The Morgan fingerprint density at radius 3 is 2.46 bits per heavy atom. The van der Waals surface area contributed by atoms with Crippen LogP contribution in [0.3, 0.4) is 0 Å². The fraction of sp³-hybridized carbons (Fsp3) is 0.333. The normalized spacial score (nSPS) is 10.3. The van der Waals surface area contributed by atoms with E-state index in [9.17, 15) is 4.79 Å². The van der Waals surface area contributed by atoms with Crippen LogP contribution in [0, 0.1) is 20.8 Å². The van der Waals surface area contributed by atoms with E-state index in [1.807, 2.05) is 19.9 Å². The summed E-state index contributed by atoms with van der Waals surface area (Å²) in [6.45, 7) is 8.85. The zero-order valence-corrected chi connectivity index (χ0v) is 16.6. The predicted octanol–water partition coefficient (Wildman–Crippen LogP) is 4.92. The van der Waals surface area contributed by atoms with E-state index >= 15 is 0 Å². The number of carbonyl (C=O) groups is 1. The number of rotatable bonds is 6. The average Bonchev–Trinajstić information content (AvgIpc) is 2.58. The Balaban J connectivity index is 2.01. The van der Waals surface area contributed by atoms with Crippen LogP contribution in [0.4, 0.5) is 5.69 Å². The van der Waals surface area contributed by atoms with Crippen LogP contribution in [0.15, 0.2) is 36.4 Å². The minimum absolute atomic E-state index is 0.258. The summed E-state index contributed by atoms with van der Waals surface area (Å²) in [5.41, 5.74) is 4.81. The zero-order valence-electron chi connectivity index (χ0n) is 15.8. The molecule has 0 atom stereocenters. The summed E-state index contributed by atoms with van der Waals surface area (Å²) in [6, 6.07) is 11.3. The van der Waals surface area contributed by atoms with Gasteiger partial charge in [-0.25, -0.2) is 0 Å². The standard InChI is InChI=1S/C21H26N2O2S/c1-5-6-10-25-18-9-7-8-17(13-18)20(24)23-21(26)22-19-15(3)11-14(2)12-16(19)4/h7-9,11-13H,5-6,10H2,1-4H3,(H2,22,23,24,26). The van der Waals surface area contributed by atoms with E-state index in [1.54, 1.807) is 18.2 Å². The molecule has 0 aliphatic rings. The molecule has 2 aromatic rings. The van der Waals surface area contributed by atoms with Gasteiger partial charge in [0.2, 0.25) is 0 Å². The van der Waals surface area contributed by atoms with E-state index in [0.717, 1.165) is 29.7 Å². The van der Waals surface area contributed by atoms with E-state index in [0.29, 0.717) is 17.9 Å². The SMILES string of the molecule is CCCCOc1cccc(C(=O)NC(=S)Nc2c(C)cc(C)cc2C)c1. The first-order valence-corrected chi connectivity index (χ1v) is 9.24. The van der Waals surface area contributed by atoms with Gasteiger partial charge in [0.15, 0.2) is 5.11 Å². The molecule has 0 radical (unpaired) electrons. The van der Waals surface area contributed by atoms with E-state index in [1.165, 1.54) is 5.56 Å². The minimum atomic E-state index is -0.258. The molecule has 2 aromatic carbocycles. The predicted molar refractivity (Wildman–Crippen MR) is 111 cm³/mol. The number of anilines is 1. The van der Waals surface area contributed by atoms with E-state index < -0.39 is 0 Å². The first-order valence-electron chi connectivity index (χ1n) is 8.83. The van der Waals surface area contributed by atoms with Crippen molar-refractivity contribution in [1.82, 2.24) is 5.32 Å². The second-order valence-electron chi connectivity index (χ2n) is 6.41. The zero-order chi connectivity index (χ0) is 19.1. The summed E-state index contributed by atoms with van der Waals surface area (Å²) in [5.74, 6) is 0.432. The molecule has 138 valence electrons. The number of ether oxygens (including phenoxy) is 1. The van der Waals surface area contributed by atoms with Crippen LogP contribution in [0.1, 0.15) is 46.8 Å². The number of carbonyl (C=O) groups excluding carboxylic acids is 1. The molecule has 0 fully saturated rings. The van der Waals surface area contributed by atoms with Gasteiger partial charge < -0.3 is 10.1 Å². The Bertz CT molecular complexity index is 779. The second-order valence-corrected chi connectivity index (χ2v) is 6.82. The number of amides is 1. The van der Waals surface area contributed by atoms with Gasteiger partial charge in [0.05, 0.1) is 6.61 Å².